The maximum absolute atomic E-state index is 12.4. The average molecular weight is 265 g/mol. The summed E-state index contributed by atoms with van der Waals surface area (Å²) < 4.78 is 42.3. The van der Waals surface area contributed by atoms with Crippen molar-refractivity contribution in [2.45, 2.75) is 25.6 Å². The van der Waals surface area contributed by atoms with Crippen molar-refractivity contribution in [3.63, 3.8) is 0 Å². The molecular formula is C11H14F3NO3. The maximum Gasteiger partial charge on any atom is 0.401 e. The number of hydrogen-bond donors (Lipinski definition) is 1. The molecule has 0 aromatic carbocycles. The van der Waals surface area contributed by atoms with E-state index in [-0.39, 0.29) is 0 Å². The fourth-order valence-electron chi connectivity index (χ4n) is 1.80. The van der Waals surface area contributed by atoms with Crippen molar-refractivity contribution in [1.29, 1.82) is 0 Å². The van der Waals surface area contributed by atoms with Crippen LogP contribution >= 0.6 is 0 Å². The van der Waals surface area contributed by atoms with Crippen LogP contribution in [-0.4, -0.2) is 35.2 Å². The first-order valence-corrected chi connectivity index (χ1v) is 5.39. The topological polar surface area (TPSA) is 53.7 Å². The number of carbonyl (C=O) groups is 1. The fourth-order valence-corrected chi connectivity index (χ4v) is 1.80. The Morgan fingerprint density at radius 2 is 2.22 bits per heavy atom. The quantitative estimate of drug-likeness (QED) is 0.859. The van der Waals surface area contributed by atoms with Gasteiger partial charge in [0.15, 0.2) is 0 Å². The number of nitrogens with zero attached hydrogens (tertiary/aromatic N) is 1. The van der Waals surface area contributed by atoms with Gasteiger partial charge >= 0.3 is 12.1 Å². The van der Waals surface area contributed by atoms with Crippen LogP contribution in [-0.2, 0) is 4.79 Å². The lowest BCUT2D eigenvalue weighted by Crippen LogP contribution is -2.40. The van der Waals surface area contributed by atoms with Gasteiger partial charge in [-0.1, -0.05) is 6.92 Å². The molecule has 1 heterocycles. The van der Waals surface area contributed by atoms with Crippen molar-refractivity contribution in [3.05, 3.63) is 24.2 Å². The third-order valence-electron chi connectivity index (χ3n) is 2.42. The first kappa shape index (κ1) is 14.6. The first-order valence-electron chi connectivity index (χ1n) is 5.39. The van der Waals surface area contributed by atoms with Crippen LogP contribution in [0.2, 0.25) is 0 Å². The molecular weight excluding hydrogens is 251 g/mol. The Balaban J connectivity index is 2.89. The lowest BCUT2D eigenvalue weighted by Gasteiger charge is -2.28. The molecule has 0 fully saturated rings. The number of halogens is 3. The molecule has 0 aliphatic carbocycles. The number of furan rings is 1. The zero-order valence-electron chi connectivity index (χ0n) is 9.78. The largest absolute Gasteiger partial charge is 0.480 e. The van der Waals surface area contributed by atoms with E-state index >= 15 is 0 Å². The molecule has 0 spiro atoms. The molecule has 0 amide bonds. The Hall–Kier alpha value is -1.50. The number of rotatable bonds is 6. The van der Waals surface area contributed by atoms with Gasteiger partial charge in [-0.25, -0.2) is 0 Å². The van der Waals surface area contributed by atoms with Crippen LogP contribution in [0.25, 0.3) is 0 Å². The van der Waals surface area contributed by atoms with Crippen LogP contribution in [0.4, 0.5) is 13.2 Å². The SMILES string of the molecule is CCC(c1ccco1)N(CC(=O)O)CC(F)(F)F. The van der Waals surface area contributed by atoms with Crippen molar-refractivity contribution in [2.24, 2.45) is 0 Å². The standard InChI is InChI=1S/C11H14F3NO3/c1-2-8(9-4-3-5-18-9)15(6-10(16)17)7-11(12,13)14/h3-5,8H,2,6-7H2,1H3,(H,16,17). The van der Waals surface area contributed by atoms with E-state index in [9.17, 15) is 18.0 Å². The third kappa shape index (κ3) is 4.40. The Morgan fingerprint density at radius 1 is 1.56 bits per heavy atom. The van der Waals surface area contributed by atoms with Crippen molar-refractivity contribution in [3.8, 4) is 0 Å². The average Bonchev–Trinajstić information content (AvgIpc) is 2.68. The second kappa shape index (κ2) is 5.90. The molecule has 0 radical (unpaired) electrons. The first-order chi connectivity index (χ1) is 8.33. The smallest absolute Gasteiger partial charge is 0.401 e. The van der Waals surface area contributed by atoms with Crippen LogP contribution in [0.3, 0.4) is 0 Å². The van der Waals surface area contributed by atoms with E-state index in [1.807, 2.05) is 0 Å². The summed E-state index contributed by atoms with van der Waals surface area (Å²) in [5.74, 6) is -0.966. The molecule has 0 bridgehead atoms. The minimum Gasteiger partial charge on any atom is -0.480 e. The Labute approximate surface area is 102 Å². The predicted octanol–water partition coefficient (Wildman–Crippen LogP) is 2.68. The Morgan fingerprint density at radius 3 is 2.61 bits per heavy atom. The lowest BCUT2D eigenvalue weighted by molar-refractivity contribution is -0.159. The molecule has 1 aromatic rings. The summed E-state index contributed by atoms with van der Waals surface area (Å²) in [6.45, 7) is -0.282. The monoisotopic (exact) mass is 265 g/mol. The molecule has 18 heavy (non-hydrogen) atoms. The molecule has 1 N–H and O–H groups in total. The molecule has 7 heteroatoms. The summed E-state index contributed by atoms with van der Waals surface area (Å²) in [5, 5.41) is 8.68. The van der Waals surface area contributed by atoms with E-state index in [0.717, 1.165) is 4.90 Å². The molecule has 0 saturated heterocycles. The van der Waals surface area contributed by atoms with E-state index in [4.69, 9.17) is 9.52 Å². The molecule has 4 nitrogen and oxygen atoms in total. The van der Waals surface area contributed by atoms with E-state index in [1.165, 1.54) is 6.26 Å². The summed E-state index contributed by atoms with van der Waals surface area (Å²) in [6.07, 6.45) is -2.77. The van der Waals surface area contributed by atoms with Crippen LogP contribution in [0.1, 0.15) is 25.1 Å². The van der Waals surface area contributed by atoms with Crippen LogP contribution in [0, 0.1) is 0 Å². The van der Waals surface area contributed by atoms with Gasteiger partial charge < -0.3 is 9.52 Å². The zero-order valence-corrected chi connectivity index (χ0v) is 9.78. The number of aliphatic carboxylic acids is 1. The van der Waals surface area contributed by atoms with Crippen LogP contribution < -0.4 is 0 Å². The maximum atomic E-state index is 12.4. The van der Waals surface area contributed by atoms with Gasteiger partial charge in [-0.05, 0) is 18.6 Å². The van der Waals surface area contributed by atoms with Gasteiger partial charge in [0.05, 0.1) is 25.4 Å². The highest BCUT2D eigenvalue weighted by atomic mass is 19.4. The van der Waals surface area contributed by atoms with Gasteiger partial charge in [-0.2, -0.15) is 13.2 Å². The van der Waals surface area contributed by atoms with Crippen molar-refractivity contribution < 1.29 is 27.5 Å². The third-order valence-corrected chi connectivity index (χ3v) is 2.42. The van der Waals surface area contributed by atoms with Gasteiger partial charge in [-0.15, -0.1) is 0 Å². The molecule has 102 valence electrons. The zero-order chi connectivity index (χ0) is 13.8. The molecule has 0 saturated carbocycles. The minimum atomic E-state index is -4.45. The minimum absolute atomic E-state index is 0.330. The van der Waals surface area contributed by atoms with Gasteiger partial charge in [0.25, 0.3) is 0 Å². The molecule has 0 aliphatic heterocycles. The Kier molecular flexibility index (Phi) is 4.77. The highest BCUT2D eigenvalue weighted by molar-refractivity contribution is 5.69. The number of alkyl halides is 3. The molecule has 1 atom stereocenters. The van der Waals surface area contributed by atoms with Gasteiger partial charge in [-0.3, -0.25) is 9.69 Å². The second-order valence-corrected chi connectivity index (χ2v) is 3.85. The second-order valence-electron chi connectivity index (χ2n) is 3.85. The lowest BCUT2D eigenvalue weighted by atomic mass is 10.1. The van der Waals surface area contributed by atoms with Gasteiger partial charge in [0, 0.05) is 0 Å². The Bertz CT molecular complexity index is 375. The van der Waals surface area contributed by atoms with Crippen molar-refractivity contribution in [2.75, 3.05) is 13.1 Å². The normalized spacial score (nSPS) is 13.8. The van der Waals surface area contributed by atoms with Crippen LogP contribution in [0.15, 0.2) is 22.8 Å². The van der Waals surface area contributed by atoms with Gasteiger partial charge in [0.1, 0.15) is 5.76 Å². The number of carboxylic acid groups (broad SMARTS) is 1. The fraction of sp³-hybridized carbons (Fsp3) is 0.545. The molecule has 1 aromatic heterocycles. The number of hydrogen-bond acceptors (Lipinski definition) is 3. The predicted molar refractivity (Wildman–Crippen MR) is 57.0 cm³/mol. The summed E-state index contributed by atoms with van der Waals surface area (Å²) >= 11 is 0. The summed E-state index contributed by atoms with van der Waals surface area (Å²) in [4.78, 5) is 11.5. The van der Waals surface area contributed by atoms with E-state index in [1.54, 1.807) is 19.1 Å². The van der Waals surface area contributed by atoms with E-state index < -0.39 is 31.3 Å². The van der Waals surface area contributed by atoms with Gasteiger partial charge in [0.2, 0.25) is 0 Å². The number of carboxylic acids is 1. The summed E-state index contributed by atoms with van der Waals surface area (Å²) in [6, 6.07) is 2.40. The van der Waals surface area contributed by atoms with Crippen LogP contribution in [0.5, 0.6) is 0 Å². The van der Waals surface area contributed by atoms with Crippen molar-refractivity contribution in [1.82, 2.24) is 4.90 Å². The highest BCUT2D eigenvalue weighted by Crippen LogP contribution is 2.28. The highest BCUT2D eigenvalue weighted by Gasteiger charge is 2.35. The summed E-state index contributed by atoms with van der Waals surface area (Å²) in [5.41, 5.74) is 0. The summed E-state index contributed by atoms with van der Waals surface area (Å²) in [7, 11) is 0. The van der Waals surface area contributed by atoms with E-state index in [2.05, 4.69) is 0 Å². The molecule has 1 unspecified atom stereocenters. The molecule has 1 rings (SSSR count). The van der Waals surface area contributed by atoms with E-state index in [0.29, 0.717) is 12.2 Å². The van der Waals surface area contributed by atoms with Crippen molar-refractivity contribution >= 4 is 5.97 Å². The molecule has 0 aliphatic rings.